The van der Waals surface area contributed by atoms with Gasteiger partial charge in [0.2, 0.25) is 0 Å². The molecular formula is C19H15ClFN3O. The molecule has 5 rings (SSSR count). The van der Waals surface area contributed by atoms with Gasteiger partial charge in [-0.3, -0.25) is 4.79 Å². The molecule has 6 heteroatoms. The predicted molar refractivity (Wildman–Crippen MR) is 95.5 cm³/mol. The van der Waals surface area contributed by atoms with Gasteiger partial charge in [-0.15, -0.1) is 0 Å². The van der Waals surface area contributed by atoms with E-state index in [0.717, 1.165) is 22.3 Å². The molecule has 0 bridgehead atoms. The molecule has 3 heterocycles. The Labute approximate surface area is 149 Å². The highest BCUT2D eigenvalue weighted by molar-refractivity contribution is 6.31. The van der Waals surface area contributed by atoms with Crippen molar-refractivity contribution in [2.24, 2.45) is 0 Å². The molecule has 0 fully saturated rings. The first-order valence-electron chi connectivity index (χ1n) is 8.16. The summed E-state index contributed by atoms with van der Waals surface area (Å²) in [5.41, 5.74) is 3.34. The second kappa shape index (κ2) is 4.99. The van der Waals surface area contributed by atoms with Gasteiger partial charge < -0.3 is 14.4 Å². The van der Waals surface area contributed by atoms with Crippen molar-refractivity contribution in [1.29, 1.82) is 0 Å². The number of fused-ring (bicyclic) bond motifs is 6. The zero-order chi connectivity index (χ0) is 17.3. The second-order valence-corrected chi connectivity index (χ2v) is 7.01. The summed E-state index contributed by atoms with van der Waals surface area (Å²) in [4.78, 5) is 16.8. The summed E-state index contributed by atoms with van der Waals surface area (Å²) in [6.07, 6.45) is -0.203. The van der Waals surface area contributed by atoms with Crippen LogP contribution in [0.1, 0.15) is 22.2 Å². The van der Waals surface area contributed by atoms with E-state index in [1.165, 1.54) is 12.1 Å². The first-order chi connectivity index (χ1) is 12.0. The second-order valence-electron chi connectivity index (χ2n) is 6.57. The Balaban J connectivity index is 1.72. The van der Waals surface area contributed by atoms with Crippen molar-refractivity contribution in [3.63, 3.8) is 0 Å². The van der Waals surface area contributed by atoms with Gasteiger partial charge in [0.15, 0.2) is 0 Å². The maximum Gasteiger partial charge on any atom is 0.258 e. The zero-order valence-electron chi connectivity index (χ0n) is 13.5. The summed E-state index contributed by atoms with van der Waals surface area (Å²) >= 11 is 6.13. The summed E-state index contributed by atoms with van der Waals surface area (Å²) in [5.74, 6) is -0.508. The lowest BCUT2D eigenvalue weighted by Crippen LogP contribution is -2.52. The van der Waals surface area contributed by atoms with E-state index >= 15 is 0 Å². The monoisotopic (exact) mass is 355 g/mol. The van der Waals surface area contributed by atoms with Crippen LogP contribution in [0.25, 0.3) is 10.9 Å². The molecule has 0 spiro atoms. The van der Waals surface area contributed by atoms with Crippen molar-refractivity contribution in [3.05, 3.63) is 64.6 Å². The van der Waals surface area contributed by atoms with Crippen LogP contribution in [0.2, 0.25) is 5.02 Å². The molecule has 4 nitrogen and oxygen atoms in total. The maximum absolute atomic E-state index is 13.6. The molecule has 0 radical (unpaired) electrons. The summed E-state index contributed by atoms with van der Waals surface area (Å²) in [7, 11) is 1.95. The van der Waals surface area contributed by atoms with E-state index < -0.39 is 0 Å². The smallest absolute Gasteiger partial charge is 0.258 e. The molecule has 2 aliphatic rings. The van der Waals surface area contributed by atoms with Crippen LogP contribution in [0.3, 0.4) is 0 Å². The SMILES string of the molecule is CN1c2ccc(F)cc2C(=O)N2CCn3c(cc4cc(Cl)ccc43)C21. The fourth-order valence-electron chi connectivity index (χ4n) is 4.11. The third kappa shape index (κ3) is 1.96. The van der Waals surface area contributed by atoms with Crippen molar-refractivity contribution < 1.29 is 9.18 Å². The number of carbonyl (C=O) groups excluding carboxylic acids is 1. The van der Waals surface area contributed by atoms with Crippen molar-refractivity contribution in [2.45, 2.75) is 12.7 Å². The molecule has 0 aliphatic carbocycles. The van der Waals surface area contributed by atoms with Gasteiger partial charge in [0.25, 0.3) is 5.91 Å². The average molecular weight is 356 g/mol. The normalized spacial score (nSPS) is 19.0. The number of halogens is 2. The highest BCUT2D eigenvalue weighted by Gasteiger charge is 2.40. The van der Waals surface area contributed by atoms with E-state index in [2.05, 4.69) is 10.6 Å². The molecule has 2 aliphatic heterocycles. The molecule has 2 aromatic carbocycles. The molecular weight excluding hydrogens is 341 g/mol. The van der Waals surface area contributed by atoms with E-state index in [9.17, 15) is 9.18 Å². The van der Waals surface area contributed by atoms with Crippen molar-refractivity contribution >= 4 is 34.1 Å². The topological polar surface area (TPSA) is 28.5 Å². The number of hydrogen-bond donors (Lipinski definition) is 0. The lowest BCUT2D eigenvalue weighted by molar-refractivity contribution is 0.0601. The van der Waals surface area contributed by atoms with Crippen LogP contribution in [-0.4, -0.2) is 29.0 Å². The zero-order valence-corrected chi connectivity index (χ0v) is 14.3. The number of aromatic nitrogens is 1. The number of nitrogens with zero attached hydrogens (tertiary/aromatic N) is 3. The standard InChI is InChI=1S/C19H15ClFN3O/c1-22-16-5-3-13(21)10-14(16)19(25)24-7-6-23-15-4-2-12(20)8-11(15)9-17(23)18(22)24/h2-5,8-10,18H,6-7H2,1H3. The molecule has 0 N–H and O–H groups in total. The van der Waals surface area contributed by atoms with E-state index in [1.807, 2.05) is 35.0 Å². The van der Waals surface area contributed by atoms with Gasteiger partial charge in [-0.2, -0.15) is 0 Å². The van der Waals surface area contributed by atoms with Gasteiger partial charge in [0.05, 0.1) is 16.9 Å². The van der Waals surface area contributed by atoms with Gasteiger partial charge >= 0.3 is 0 Å². The van der Waals surface area contributed by atoms with E-state index in [4.69, 9.17) is 11.6 Å². The number of anilines is 1. The Hall–Kier alpha value is -2.53. The van der Waals surface area contributed by atoms with Crippen molar-refractivity contribution in [1.82, 2.24) is 9.47 Å². The van der Waals surface area contributed by atoms with Gasteiger partial charge in [-0.1, -0.05) is 11.6 Å². The number of amides is 1. The van der Waals surface area contributed by atoms with Crippen molar-refractivity contribution in [3.8, 4) is 0 Å². The predicted octanol–water partition coefficient (Wildman–Crippen LogP) is 4.04. The molecule has 126 valence electrons. The van der Waals surface area contributed by atoms with E-state index in [1.54, 1.807) is 6.07 Å². The summed E-state index contributed by atoms with van der Waals surface area (Å²) in [6.45, 7) is 1.30. The van der Waals surface area contributed by atoms with Crippen LogP contribution in [0.5, 0.6) is 0 Å². The summed E-state index contributed by atoms with van der Waals surface area (Å²) in [5, 5.41) is 1.76. The van der Waals surface area contributed by atoms with Crippen LogP contribution < -0.4 is 4.90 Å². The van der Waals surface area contributed by atoms with Crippen LogP contribution in [0.15, 0.2) is 42.5 Å². The fourth-order valence-corrected chi connectivity index (χ4v) is 4.29. The van der Waals surface area contributed by atoms with E-state index in [0.29, 0.717) is 23.7 Å². The Bertz CT molecular complexity index is 1040. The Kier molecular flexibility index (Phi) is 2.95. The Morgan fingerprint density at radius 3 is 2.80 bits per heavy atom. The Morgan fingerprint density at radius 1 is 1.12 bits per heavy atom. The molecule has 1 amide bonds. The van der Waals surface area contributed by atoms with Crippen molar-refractivity contribution in [2.75, 3.05) is 18.5 Å². The third-order valence-electron chi connectivity index (χ3n) is 5.22. The third-order valence-corrected chi connectivity index (χ3v) is 5.45. The van der Waals surface area contributed by atoms with Crippen LogP contribution in [-0.2, 0) is 6.54 Å². The molecule has 3 aromatic rings. The molecule has 25 heavy (non-hydrogen) atoms. The number of rotatable bonds is 0. The van der Waals surface area contributed by atoms with Crippen LogP contribution in [0.4, 0.5) is 10.1 Å². The molecule has 1 aromatic heterocycles. The number of carbonyl (C=O) groups is 1. The lowest BCUT2D eigenvalue weighted by Gasteiger charge is -2.46. The molecule has 0 saturated heterocycles. The van der Waals surface area contributed by atoms with Crippen LogP contribution >= 0.6 is 11.6 Å². The molecule has 1 atom stereocenters. The Morgan fingerprint density at radius 2 is 1.96 bits per heavy atom. The van der Waals surface area contributed by atoms with E-state index in [-0.39, 0.29) is 17.9 Å². The maximum atomic E-state index is 13.6. The quantitative estimate of drug-likeness (QED) is 0.609. The van der Waals surface area contributed by atoms with Gasteiger partial charge in [-0.25, -0.2) is 4.39 Å². The number of benzene rings is 2. The minimum absolute atomic E-state index is 0.118. The highest BCUT2D eigenvalue weighted by Crippen LogP contribution is 2.41. The minimum atomic E-state index is -0.389. The number of hydrogen-bond acceptors (Lipinski definition) is 2. The summed E-state index contributed by atoms with van der Waals surface area (Å²) in [6, 6.07) is 12.3. The van der Waals surface area contributed by atoms with Gasteiger partial charge in [0.1, 0.15) is 12.0 Å². The molecule has 1 unspecified atom stereocenters. The minimum Gasteiger partial charge on any atom is -0.349 e. The van der Waals surface area contributed by atoms with Gasteiger partial charge in [-0.05, 0) is 42.5 Å². The largest absolute Gasteiger partial charge is 0.349 e. The summed E-state index contributed by atoms with van der Waals surface area (Å²) < 4.78 is 15.9. The first-order valence-corrected chi connectivity index (χ1v) is 8.54. The van der Waals surface area contributed by atoms with Gasteiger partial charge in [0, 0.05) is 36.1 Å². The fraction of sp³-hybridized carbons (Fsp3) is 0.211. The highest BCUT2D eigenvalue weighted by atomic mass is 35.5. The first kappa shape index (κ1) is 14.8. The van der Waals surface area contributed by atoms with Crippen LogP contribution in [0, 0.1) is 5.82 Å². The lowest BCUT2D eigenvalue weighted by atomic mass is 10.0. The average Bonchev–Trinajstić information content (AvgIpc) is 2.96. The molecule has 0 saturated carbocycles.